The summed E-state index contributed by atoms with van der Waals surface area (Å²) in [5.74, 6) is -2.73. The predicted molar refractivity (Wildman–Crippen MR) is 279 cm³/mol. The quantitative estimate of drug-likeness (QED) is 0.0858. The number of carbonyl (C=O) groups excluding carboxylic acids is 5. The van der Waals surface area contributed by atoms with E-state index in [2.05, 4.69) is 25.8 Å². The first-order chi connectivity index (χ1) is 35.3. The Morgan fingerprint density at radius 1 is 0.797 bits per heavy atom. The van der Waals surface area contributed by atoms with Crippen LogP contribution < -0.4 is 15.4 Å². The molecule has 0 spiro atoms. The molecule has 0 radical (unpaired) electrons. The summed E-state index contributed by atoms with van der Waals surface area (Å²) in [4.78, 5) is 86.9. The molecular formula is C55H62N8O9S2. The van der Waals surface area contributed by atoms with E-state index >= 15 is 0 Å². The highest BCUT2D eigenvalue weighted by atomic mass is 32.1. The van der Waals surface area contributed by atoms with Crippen molar-refractivity contribution in [2.75, 3.05) is 13.1 Å². The van der Waals surface area contributed by atoms with E-state index in [9.17, 15) is 34.2 Å². The van der Waals surface area contributed by atoms with Gasteiger partial charge in [0.15, 0.2) is 0 Å². The lowest BCUT2D eigenvalue weighted by Crippen LogP contribution is -2.57. The highest BCUT2D eigenvalue weighted by Crippen LogP contribution is 2.40. The largest absolute Gasteiger partial charge is 0.488 e. The first-order valence-electron chi connectivity index (χ1n) is 24.8. The summed E-state index contributed by atoms with van der Waals surface area (Å²) in [5, 5.41) is 31.9. The summed E-state index contributed by atoms with van der Waals surface area (Å²) >= 11 is 3.11. The second-order valence-electron chi connectivity index (χ2n) is 20.9. The number of rotatable bonds is 15. The normalized spacial score (nSPS) is 20.5. The molecule has 0 saturated carbocycles. The molecule has 5 amide bonds. The van der Waals surface area contributed by atoms with Crippen molar-refractivity contribution in [3.8, 4) is 26.6 Å². The molecule has 74 heavy (non-hydrogen) atoms. The van der Waals surface area contributed by atoms with Gasteiger partial charge < -0.3 is 44.8 Å². The molecule has 3 aromatic carbocycles. The van der Waals surface area contributed by atoms with Gasteiger partial charge in [-0.2, -0.15) is 0 Å². The Balaban J connectivity index is 0.890. The molecule has 3 aromatic heterocycles. The Bertz CT molecular complexity index is 3050. The number of carbonyl (C=O) groups is 5. The van der Waals surface area contributed by atoms with E-state index in [1.807, 2.05) is 88.7 Å². The number of aliphatic hydroxyl groups is 2. The minimum Gasteiger partial charge on any atom is -0.488 e. The minimum absolute atomic E-state index is 0.0718. The maximum atomic E-state index is 14.8. The number of aliphatic hydroxyl groups excluding tert-OH is 2. The first kappa shape index (κ1) is 52.1. The third-order valence-electron chi connectivity index (χ3n) is 14.2. The average molecular weight is 1040 g/mol. The second-order valence-corrected chi connectivity index (χ2v) is 22.7. The van der Waals surface area contributed by atoms with Crippen molar-refractivity contribution in [2.45, 2.75) is 124 Å². The summed E-state index contributed by atoms with van der Waals surface area (Å²) < 4.78 is 12.2. The van der Waals surface area contributed by atoms with E-state index < -0.39 is 71.4 Å². The summed E-state index contributed by atoms with van der Waals surface area (Å²) in [7, 11) is 0. The molecule has 6 aromatic rings. The Labute approximate surface area is 437 Å². The topological polar surface area (TPSA) is 221 Å². The number of likely N-dealkylation sites (tertiary alicyclic amines) is 2. The van der Waals surface area contributed by atoms with Gasteiger partial charge in [0.2, 0.25) is 23.6 Å². The first-order valence-corrected chi connectivity index (χ1v) is 26.6. The van der Waals surface area contributed by atoms with Gasteiger partial charge in [-0.3, -0.25) is 24.0 Å². The Morgan fingerprint density at radius 3 is 1.92 bits per heavy atom. The van der Waals surface area contributed by atoms with Crippen LogP contribution in [0, 0.1) is 32.1 Å². The Kier molecular flexibility index (Phi) is 14.9. The highest BCUT2D eigenvalue weighted by Gasteiger charge is 2.51. The van der Waals surface area contributed by atoms with E-state index in [1.54, 1.807) is 66.8 Å². The van der Waals surface area contributed by atoms with E-state index in [0.717, 1.165) is 43.4 Å². The molecule has 19 heteroatoms. The number of aromatic nitrogens is 3. The van der Waals surface area contributed by atoms with Gasteiger partial charge in [-0.25, -0.2) is 9.97 Å². The van der Waals surface area contributed by atoms with Crippen LogP contribution >= 0.6 is 22.7 Å². The van der Waals surface area contributed by atoms with Crippen molar-refractivity contribution in [3.63, 3.8) is 0 Å². The summed E-state index contributed by atoms with van der Waals surface area (Å²) in [6.45, 7) is 15.3. The number of nitrogens with zero attached hydrogens (tertiary/aromatic N) is 6. The van der Waals surface area contributed by atoms with Gasteiger partial charge in [0.1, 0.15) is 47.8 Å². The van der Waals surface area contributed by atoms with Crippen LogP contribution in [0.25, 0.3) is 20.9 Å². The molecule has 3 aliphatic heterocycles. The lowest BCUT2D eigenvalue weighted by atomic mass is 9.78. The highest BCUT2D eigenvalue weighted by molar-refractivity contribution is 7.13. The summed E-state index contributed by atoms with van der Waals surface area (Å²) in [6.07, 6.45) is -3.42. The smallest absolute Gasteiger partial charge is 0.255 e. The van der Waals surface area contributed by atoms with Crippen LogP contribution in [0.2, 0.25) is 0 Å². The lowest BCUT2D eigenvalue weighted by Gasteiger charge is -2.35. The van der Waals surface area contributed by atoms with Crippen LogP contribution in [0.4, 0.5) is 0 Å². The SMILES string of the molecule is Cc1cc([C@H](C(=O)N2C[C@H](Oc3ccc4c(c3)C(=O)N([C@H](C(=O)N3C[C@H](O)[C@H](O)[C@H]3C(=O)NCc3ccc(-c5scnc5C)cc3)C(C)C)C4)C[C@H]2C(=O)NCc2ccc(-c3scnc3C)cc2)C(C)(C)C)on1. The van der Waals surface area contributed by atoms with Gasteiger partial charge in [0.05, 0.1) is 57.1 Å². The zero-order chi connectivity index (χ0) is 52.7. The number of hydrogen-bond acceptors (Lipinski definition) is 14. The molecule has 7 atom stereocenters. The standard InChI is InChI=1S/C55H62N8O9S2/c1-29(2)45(54(70)63-26-42(64)47(65)46(63)51(67)57-23-34-11-15-36(16-12-34)49-32(5)59-28-74-49)62-24-37-17-18-38(20-40(37)52(62)68)71-39-21-41(61(25-39)53(69)44(55(6,7)8)43-19-30(3)60-72-43)50(66)56-22-33-9-13-35(14-10-33)48-31(4)58-27-73-48/h9-20,27-29,39,41-42,44-47,64-65H,21-26H2,1-8H3,(H,56,66)(H,57,67)/t39-,41+,42+,44-,45+,46+,47+/m1/s1. The molecule has 6 heterocycles. The van der Waals surface area contributed by atoms with Gasteiger partial charge >= 0.3 is 0 Å². The fraction of sp³-hybridized carbons (Fsp3) is 0.418. The molecule has 0 unspecified atom stereocenters. The number of ether oxygens (including phenoxy) is 1. The summed E-state index contributed by atoms with van der Waals surface area (Å²) in [5.41, 5.74) is 10.2. The molecule has 0 aliphatic carbocycles. The van der Waals surface area contributed by atoms with Gasteiger partial charge in [-0.1, -0.05) is 94.4 Å². The van der Waals surface area contributed by atoms with Gasteiger partial charge in [0.25, 0.3) is 5.91 Å². The number of nitrogens with one attached hydrogen (secondary N) is 2. The number of amides is 5. The Hall–Kier alpha value is -6.80. The summed E-state index contributed by atoms with van der Waals surface area (Å²) in [6, 6.07) is 19.1. The van der Waals surface area contributed by atoms with Crippen molar-refractivity contribution in [1.82, 2.24) is 40.5 Å². The maximum absolute atomic E-state index is 14.8. The van der Waals surface area contributed by atoms with Crippen molar-refractivity contribution < 1.29 is 43.4 Å². The van der Waals surface area contributed by atoms with Gasteiger partial charge in [0, 0.05) is 37.7 Å². The fourth-order valence-electron chi connectivity index (χ4n) is 10.4. The maximum Gasteiger partial charge on any atom is 0.255 e. The van der Waals surface area contributed by atoms with Crippen LogP contribution in [0.5, 0.6) is 5.75 Å². The number of thiazole rings is 2. The van der Waals surface area contributed by atoms with Crippen molar-refractivity contribution >= 4 is 52.2 Å². The van der Waals surface area contributed by atoms with Gasteiger partial charge in [-0.05, 0) is 72.1 Å². The van der Waals surface area contributed by atoms with Crippen molar-refractivity contribution in [2.24, 2.45) is 11.3 Å². The van der Waals surface area contributed by atoms with E-state index in [-0.39, 0.29) is 51.0 Å². The number of β-amino-alcohol motifs (C(OH)–C–C–N with tert-alkyl or cyclic N) is 1. The molecule has 4 N–H and O–H groups in total. The molecule has 2 saturated heterocycles. The third-order valence-corrected chi connectivity index (χ3v) is 16.1. The van der Waals surface area contributed by atoms with Crippen LogP contribution in [-0.4, -0.2) is 119 Å². The number of fused-ring (bicyclic) bond motifs is 1. The lowest BCUT2D eigenvalue weighted by molar-refractivity contribution is -0.145. The van der Waals surface area contributed by atoms with E-state index in [0.29, 0.717) is 28.3 Å². The number of hydrogen-bond donors (Lipinski definition) is 4. The van der Waals surface area contributed by atoms with Crippen LogP contribution in [0.1, 0.15) is 96.8 Å². The van der Waals surface area contributed by atoms with Crippen molar-refractivity contribution in [3.05, 3.63) is 129 Å². The average Bonchev–Trinajstić information content (AvgIpc) is 4.25. The molecule has 9 rings (SSSR count). The molecule has 2 fully saturated rings. The van der Waals surface area contributed by atoms with Gasteiger partial charge in [-0.15, -0.1) is 22.7 Å². The Morgan fingerprint density at radius 2 is 1.39 bits per heavy atom. The fourth-order valence-corrected chi connectivity index (χ4v) is 12.0. The molecule has 0 bridgehead atoms. The second kappa shape index (κ2) is 21.2. The van der Waals surface area contributed by atoms with Crippen LogP contribution in [0.3, 0.4) is 0 Å². The minimum atomic E-state index is -1.55. The van der Waals surface area contributed by atoms with Crippen LogP contribution in [-0.2, 0) is 38.8 Å². The zero-order valence-corrected chi connectivity index (χ0v) is 44.3. The van der Waals surface area contributed by atoms with Crippen molar-refractivity contribution in [1.29, 1.82) is 0 Å². The van der Waals surface area contributed by atoms with Crippen LogP contribution in [0.15, 0.2) is 88.3 Å². The molecular weight excluding hydrogens is 981 g/mol. The van der Waals surface area contributed by atoms with E-state index in [1.165, 1.54) is 21.1 Å². The molecule has 17 nitrogen and oxygen atoms in total. The zero-order valence-electron chi connectivity index (χ0n) is 42.7. The number of benzene rings is 3. The third kappa shape index (κ3) is 10.6. The van der Waals surface area contributed by atoms with E-state index in [4.69, 9.17) is 9.26 Å². The predicted octanol–water partition coefficient (Wildman–Crippen LogP) is 6.57. The molecule has 3 aliphatic rings. The molecule has 388 valence electrons. The number of aryl methyl sites for hydroxylation is 3. The monoisotopic (exact) mass is 1040 g/mol.